The average molecular weight is 525 g/mol. The quantitative estimate of drug-likeness (QED) is 0.208. The van der Waals surface area contributed by atoms with Gasteiger partial charge in [0.05, 0.1) is 11.0 Å². The first-order chi connectivity index (χ1) is 20.3. The molecule has 8 rings (SSSR count). The van der Waals surface area contributed by atoms with Crippen LogP contribution >= 0.6 is 0 Å². The van der Waals surface area contributed by atoms with Gasteiger partial charge in [0.1, 0.15) is 0 Å². The minimum absolute atomic E-state index is 1.16. The van der Waals surface area contributed by atoms with Crippen molar-refractivity contribution in [2.75, 3.05) is 11.9 Å². The third-order valence-electron chi connectivity index (χ3n) is 8.38. The molecule has 0 amide bonds. The largest absolute Gasteiger partial charge is 0.345 e. The van der Waals surface area contributed by atoms with E-state index >= 15 is 0 Å². The van der Waals surface area contributed by atoms with Crippen molar-refractivity contribution >= 4 is 54.7 Å². The first-order valence-corrected chi connectivity index (χ1v) is 14.1. The van der Waals surface area contributed by atoms with Gasteiger partial charge in [-0.05, 0) is 69.8 Å². The van der Waals surface area contributed by atoms with Crippen molar-refractivity contribution in [1.29, 1.82) is 0 Å². The van der Waals surface area contributed by atoms with E-state index in [2.05, 4.69) is 168 Å². The fourth-order valence-corrected chi connectivity index (χ4v) is 6.38. The van der Waals surface area contributed by atoms with Crippen molar-refractivity contribution in [2.45, 2.75) is 0 Å². The summed E-state index contributed by atoms with van der Waals surface area (Å²) < 4.78 is 2.46. The molecule has 0 saturated carbocycles. The van der Waals surface area contributed by atoms with Gasteiger partial charge in [0.15, 0.2) is 0 Å². The van der Waals surface area contributed by atoms with Gasteiger partial charge in [-0.3, -0.25) is 0 Å². The zero-order valence-corrected chi connectivity index (χ0v) is 22.8. The standard InChI is InChI=1S/C39H28N2/c1-40(29-12-4-2-5-13-29)30-23-20-27(21-24-30)28-22-25-36-37(26-28)41(31-14-6-3-7-15-31)39-35-19-11-9-17-33(35)32-16-8-10-18-34(32)38(36)39/h2-26H,1H3. The molecule has 0 radical (unpaired) electrons. The van der Waals surface area contributed by atoms with Gasteiger partial charge in [-0.1, -0.05) is 109 Å². The third kappa shape index (κ3) is 3.72. The molecule has 1 aromatic heterocycles. The van der Waals surface area contributed by atoms with Crippen molar-refractivity contribution in [2.24, 2.45) is 0 Å². The molecule has 41 heavy (non-hydrogen) atoms. The van der Waals surface area contributed by atoms with Crippen LogP contribution in [0.3, 0.4) is 0 Å². The van der Waals surface area contributed by atoms with Crippen molar-refractivity contribution in [3.63, 3.8) is 0 Å². The first kappa shape index (κ1) is 23.5. The molecule has 0 fully saturated rings. The van der Waals surface area contributed by atoms with E-state index in [1.54, 1.807) is 0 Å². The zero-order valence-electron chi connectivity index (χ0n) is 22.8. The highest BCUT2D eigenvalue weighted by Gasteiger charge is 2.19. The van der Waals surface area contributed by atoms with Gasteiger partial charge in [-0.15, -0.1) is 0 Å². The second-order valence-corrected chi connectivity index (χ2v) is 10.7. The predicted octanol–water partition coefficient (Wildman–Crippen LogP) is 10.5. The van der Waals surface area contributed by atoms with Crippen molar-refractivity contribution in [3.8, 4) is 16.8 Å². The van der Waals surface area contributed by atoms with Gasteiger partial charge >= 0.3 is 0 Å². The summed E-state index contributed by atoms with van der Waals surface area (Å²) in [6.07, 6.45) is 0. The normalized spacial score (nSPS) is 11.5. The molecule has 0 bridgehead atoms. The van der Waals surface area contributed by atoms with Crippen LogP contribution in [-0.4, -0.2) is 11.6 Å². The van der Waals surface area contributed by atoms with Crippen LogP contribution in [0.25, 0.3) is 60.2 Å². The summed E-state index contributed by atoms with van der Waals surface area (Å²) in [5.74, 6) is 0. The lowest BCUT2D eigenvalue weighted by Crippen LogP contribution is -2.08. The molecule has 2 nitrogen and oxygen atoms in total. The number of hydrogen-bond donors (Lipinski definition) is 0. The van der Waals surface area contributed by atoms with Crippen LogP contribution in [-0.2, 0) is 0 Å². The molecule has 0 aliphatic heterocycles. The Balaban J connectivity index is 1.38. The minimum Gasteiger partial charge on any atom is -0.345 e. The van der Waals surface area contributed by atoms with E-state index in [0.29, 0.717) is 0 Å². The molecule has 2 heteroatoms. The van der Waals surface area contributed by atoms with Gasteiger partial charge in [-0.2, -0.15) is 0 Å². The molecule has 7 aromatic carbocycles. The number of nitrogens with zero attached hydrogens (tertiary/aromatic N) is 2. The fourth-order valence-electron chi connectivity index (χ4n) is 6.38. The van der Waals surface area contributed by atoms with Gasteiger partial charge in [0.2, 0.25) is 0 Å². The maximum Gasteiger partial charge on any atom is 0.0625 e. The molecule has 0 aliphatic rings. The summed E-state index contributed by atoms with van der Waals surface area (Å²) >= 11 is 0. The smallest absolute Gasteiger partial charge is 0.0625 e. The monoisotopic (exact) mass is 524 g/mol. The lowest BCUT2D eigenvalue weighted by atomic mass is 9.96. The van der Waals surface area contributed by atoms with Crippen molar-refractivity contribution in [1.82, 2.24) is 4.57 Å². The Hall–Kier alpha value is -5.34. The molecule has 1 heterocycles. The maximum atomic E-state index is 2.46. The molecule has 0 aliphatic carbocycles. The topological polar surface area (TPSA) is 8.17 Å². The van der Waals surface area contributed by atoms with Crippen LogP contribution in [0.15, 0.2) is 152 Å². The highest BCUT2D eigenvalue weighted by molar-refractivity contribution is 6.32. The summed E-state index contributed by atoms with van der Waals surface area (Å²) in [6, 6.07) is 54.7. The predicted molar refractivity (Wildman–Crippen MR) is 176 cm³/mol. The second-order valence-electron chi connectivity index (χ2n) is 10.7. The molecular formula is C39H28N2. The highest BCUT2D eigenvalue weighted by Crippen LogP contribution is 2.43. The second kappa shape index (κ2) is 9.39. The molecular weight excluding hydrogens is 496 g/mol. The molecule has 8 aromatic rings. The van der Waals surface area contributed by atoms with E-state index < -0.39 is 0 Å². The van der Waals surface area contributed by atoms with Crippen LogP contribution < -0.4 is 4.90 Å². The molecule has 0 unspecified atom stereocenters. The van der Waals surface area contributed by atoms with Crippen LogP contribution in [0.5, 0.6) is 0 Å². The number of hydrogen-bond acceptors (Lipinski definition) is 1. The summed E-state index contributed by atoms with van der Waals surface area (Å²) in [5, 5.41) is 7.73. The van der Waals surface area contributed by atoms with E-state index in [-0.39, 0.29) is 0 Å². The van der Waals surface area contributed by atoms with Crippen molar-refractivity contribution < 1.29 is 0 Å². The summed E-state index contributed by atoms with van der Waals surface area (Å²) in [4.78, 5) is 2.22. The van der Waals surface area contributed by atoms with Gasteiger partial charge < -0.3 is 9.47 Å². The number of aromatic nitrogens is 1. The lowest BCUT2D eigenvalue weighted by molar-refractivity contribution is 1.19. The Labute approximate surface area is 239 Å². The molecule has 0 spiro atoms. The Bertz CT molecular complexity index is 2190. The van der Waals surface area contributed by atoms with Gasteiger partial charge in [0.25, 0.3) is 0 Å². The Kier molecular flexibility index (Phi) is 5.39. The van der Waals surface area contributed by atoms with Gasteiger partial charge in [0, 0.05) is 40.3 Å². The van der Waals surface area contributed by atoms with Crippen LogP contribution in [0.4, 0.5) is 11.4 Å². The average Bonchev–Trinajstić information content (AvgIpc) is 3.40. The molecule has 0 atom stereocenters. The van der Waals surface area contributed by atoms with Crippen LogP contribution in [0, 0.1) is 0 Å². The van der Waals surface area contributed by atoms with Crippen LogP contribution in [0.2, 0.25) is 0 Å². The Morgan fingerprint density at radius 1 is 0.439 bits per heavy atom. The number of para-hydroxylation sites is 2. The minimum atomic E-state index is 1.16. The number of anilines is 2. The van der Waals surface area contributed by atoms with E-state index in [4.69, 9.17) is 0 Å². The summed E-state index contributed by atoms with van der Waals surface area (Å²) in [6.45, 7) is 0. The lowest BCUT2D eigenvalue weighted by Gasteiger charge is -2.19. The van der Waals surface area contributed by atoms with Crippen molar-refractivity contribution in [3.05, 3.63) is 152 Å². The van der Waals surface area contributed by atoms with E-state index in [9.17, 15) is 0 Å². The highest BCUT2D eigenvalue weighted by atomic mass is 15.1. The summed E-state index contributed by atoms with van der Waals surface area (Å²) in [5.41, 5.74) is 8.40. The number of fused-ring (bicyclic) bond motifs is 8. The van der Waals surface area contributed by atoms with Gasteiger partial charge in [-0.25, -0.2) is 0 Å². The Morgan fingerprint density at radius 2 is 0.976 bits per heavy atom. The summed E-state index contributed by atoms with van der Waals surface area (Å²) in [7, 11) is 2.11. The zero-order chi connectivity index (χ0) is 27.3. The first-order valence-electron chi connectivity index (χ1n) is 14.1. The molecule has 0 saturated heterocycles. The Morgan fingerprint density at radius 3 is 1.68 bits per heavy atom. The van der Waals surface area contributed by atoms with E-state index in [1.165, 1.54) is 65.9 Å². The van der Waals surface area contributed by atoms with Crippen LogP contribution in [0.1, 0.15) is 0 Å². The molecule has 194 valence electrons. The SMILES string of the molecule is CN(c1ccccc1)c1ccc(-c2ccc3c4c5ccccc5c5ccccc5c4n(-c4ccccc4)c3c2)cc1. The van der Waals surface area contributed by atoms with E-state index in [0.717, 1.165) is 5.69 Å². The molecule has 0 N–H and O–H groups in total. The number of rotatable bonds is 4. The van der Waals surface area contributed by atoms with E-state index in [1.807, 2.05) is 0 Å². The fraction of sp³-hybridized carbons (Fsp3) is 0.0256. The third-order valence-corrected chi connectivity index (χ3v) is 8.38. The maximum absolute atomic E-state index is 2.46. The number of benzene rings is 7.